The van der Waals surface area contributed by atoms with E-state index in [-0.39, 0.29) is 18.3 Å². The highest BCUT2D eigenvalue weighted by atomic mass is 28.4. The highest BCUT2D eigenvalue weighted by Gasteiger charge is 2.36. The van der Waals surface area contributed by atoms with E-state index in [2.05, 4.69) is 33.9 Å². The molecule has 0 atom stereocenters. The van der Waals surface area contributed by atoms with Gasteiger partial charge in [0, 0.05) is 5.56 Å². The maximum Gasteiger partial charge on any atom is 0.379 e. The summed E-state index contributed by atoms with van der Waals surface area (Å²) >= 11 is 0. The SMILES string of the molecule is CC(C)(C)[Si](C)(C)OCCOCCOCCOCCOCCOC(=O)C(=O)c1ccccc1. The average molecular weight is 485 g/mol. The molecule has 0 amide bonds. The van der Waals surface area contributed by atoms with Crippen molar-refractivity contribution in [1.82, 2.24) is 0 Å². The molecule has 0 unspecified atom stereocenters. The van der Waals surface area contributed by atoms with Crippen LogP contribution in [0.1, 0.15) is 31.1 Å². The Bertz CT molecular complexity index is 673. The minimum absolute atomic E-state index is 0.0153. The van der Waals surface area contributed by atoms with E-state index >= 15 is 0 Å². The van der Waals surface area contributed by atoms with Crippen LogP contribution in [-0.4, -0.2) is 86.1 Å². The Morgan fingerprint density at radius 2 is 1.12 bits per heavy atom. The number of hydrogen-bond acceptors (Lipinski definition) is 8. The Morgan fingerprint density at radius 3 is 1.58 bits per heavy atom. The molecule has 0 saturated heterocycles. The topological polar surface area (TPSA) is 89.5 Å². The van der Waals surface area contributed by atoms with Crippen molar-refractivity contribution in [1.29, 1.82) is 0 Å². The number of ketones is 1. The van der Waals surface area contributed by atoms with E-state index in [0.717, 1.165) is 0 Å². The average Bonchev–Trinajstić information content (AvgIpc) is 2.77. The molecule has 0 N–H and O–H groups in total. The fourth-order valence-corrected chi connectivity index (χ4v) is 3.33. The van der Waals surface area contributed by atoms with Crippen LogP contribution in [0, 0.1) is 0 Å². The molecule has 0 saturated carbocycles. The van der Waals surface area contributed by atoms with Crippen LogP contribution in [0.5, 0.6) is 0 Å². The molecule has 0 fully saturated rings. The van der Waals surface area contributed by atoms with Crippen LogP contribution in [0.4, 0.5) is 0 Å². The van der Waals surface area contributed by atoms with Gasteiger partial charge in [0.1, 0.15) is 6.61 Å². The zero-order chi connectivity index (χ0) is 24.6. The lowest BCUT2D eigenvalue weighted by molar-refractivity contribution is -0.139. The Balaban J connectivity index is 1.85. The maximum atomic E-state index is 11.8. The Hall–Kier alpha value is -1.62. The van der Waals surface area contributed by atoms with E-state index < -0.39 is 20.1 Å². The molecule has 0 aromatic heterocycles. The Labute approximate surface area is 199 Å². The summed E-state index contributed by atoms with van der Waals surface area (Å²) in [5.41, 5.74) is 0.307. The third kappa shape index (κ3) is 13.0. The van der Waals surface area contributed by atoms with Gasteiger partial charge in [0.05, 0.1) is 59.5 Å². The van der Waals surface area contributed by atoms with Crippen LogP contribution in [0.2, 0.25) is 18.1 Å². The monoisotopic (exact) mass is 484 g/mol. The summed E-state index contributed by atoms with van der Waals surface area (Å²) in [6.07, 6.45) is 0. The number of esters is 1. The lowest BCUT2D eigenvalue weighted by atomic mass is 10.1. The van der Waals surface area contributed by atoms with Gasteiger partial charge >= 0.3 is 5.97 Å². The first-order valence-corrected chi connectivity index (χ1v) is 14.3. The molecule has 0 aliphatic heterocycles. The zero-order valence-electron chi connectivity index (χ0n) is 20.7. The molecular formula is C24H40O8Si. The third-order valence-electron chi connectivity index (χ3n) is 5.29. The Kier molecular flexibility index (Phi) is 14.3. The number of rotatable bonds is 18. The van der Waals surface area contributed by atoms with Gasteiger partial charge in [-0.25, -0.2) is 4.79 Å². The summed E-state index contributed by atoms with van der Waals surface area (Å²) in [6, 6.07) is 8.29. The van der Waals surface area contributed by atoms with Gasteiger partial charge < -0.3 is 28.1 Å². The first kappa shape index (κ1) is 29.4. The van der Waals surface area contributed by atoms with Crippen molar-refractivity contribution in [2.24, 2.45) is 0 Å². The van der Waals surface area contributed by atoms with Crippen LogP contribution in [0.25, 0.3) is 0 Å². The molecule has 0 heterocycles. The first-order chi connectivity index (χ1) is 15.6. The van der Waals surface area contributed by atoms with Crippen LogP contribution < -0.4 is 0 Å². The third-order valence-corrected chi connectivity index (χ3v) is 9.83. The van der Waals surface area contributed by atoms with Gasteiger partial charge in [-0.15, -0.1) is 0 Å². The molecule has 9 heteroatoms. The number of benzene rings is 1. The fraction of sp³-hybridized carbons (Fsp3) is 0.667. The summed E-state index contributed by atoms with van der Waals surface area (Å²) in [5.74, 6) is -1.55. The standard InChI is InChI=1S/C24H40O8Si/c1-24(2,3)33(4,5)32-20-18-30-16-14-28-12-11-27-13-15-29-17-19-31-23(26)22(25)21-9-7-6-8-10-21/h6-10H,11-20H2,1-5H3. The first-order valence-electron chi connectivity index (χ1n) is 11.4. The number of hydrogen-bond donors (Lipinski definition) is 0. The van der Waals surface area contributed by atoms with Gasteiger partial charge in [-0.05, 0) is 18.1 Å². The molecule has 0 aliphatic rings. The largest absolute Gasteiger partial charge is 0.457 e. The van der Waals surface area contributed by atoms with E-state index in [1.807, 2.05) is 0 Å². The highest BCUT2D eigenvalue weighted by Crippen LogP contribution is 2.36. The lowest BCUT2D eigenvalue weighted by Gasteiger charge is -2.36. The molecule has 0 bridgehead atoms. The van der Waals surface area contributed by atoms with Gasteiger partial charge in [0.25, 0.3) is 5.78 Å². The molecule has 0 aliphatic carbocycles. The normalized spacial score (nSPS) is 12.0. The van der Waals surface area contributed by atoms with Crippen molar-refractivity contribution in [3.63, 3.8) is 0 Å². The van der Waals surface area contributed by atoms with E-state index in [1.54, 1.807) is 30.3 Å². The van der Waals surface area contributed by atoms with E-state index in [0.29, 0.717) is 58.4 Å². The maximum absolute atomic E-state index is 11.8. The quantitative estimate of drug-likeness (QED) is 0.103. The zero-order valence-corrected chi connectivity index (χ0v) is 21.7. The number of Topliss-reactive ketones (excluding diaryl/α,β-unsaturated/α-hetero) is 1. The molecule has 188 valence electrons. The lowest BCUT2D eigenvalue weighted by Crippen LogP contribution is -2.41. The van der Waals surface area contributed by atoms with Crippen molar-refractivity contribution < 1.29 is 37.7 Å². The predicted molar refractivity (Wildman–Crippen MR) is 128 cm³/mol. The van der Waals surface area contributed by atoms with Crippen molar-refractivity contribution >= 4 is 20.1 Å². The van der Waals surface area contributed by atoms with Gasteiger partial charge in [0.15, 0.2) is 8.32 Å². The Morgan fingerprint density at radius 1 is 0.697 bits per heavy atom. The predicted octanol–water partition coefficient (Wildman–Crippen LogP) is 3.50. The minimum Gasteiger partial charge on any atom is -0.457 e. The molecule has 1 aromatic rings. The van der Waals surface area contributed by atoms with Gasteiger partial charge in [0.2, 0.25) is 0 Å². The molecule has 0 spiro atoms. The van der Waals surface area contributed by atoms with Crippen LogP contribution in [0.15, 0.2) is 30.3 Å². The van der Waals surface area contributed by atoms with Crippen molar-refractivity contribution in [3.8, 4) is 0 Å². The van der Waals surface area contributed by atoms with E-state index in [9.17, 15) is 9.59 Å². The van der Waals surface area contributed by atoms with E-state index in [1.165, 1.54) is 0 Å². The number of carbonyl (C=O) groups is 2. The second-order valence-electron chi connectivity index (χ2n) is 8.89. The highest BCUT2D eigenvalue weighted by molar-refractivity contribution is 6.74. The summed E-state index contributed by atoms with van der Waals surface area (Å²) < 4.78 is 32.7. The summed E-state index contributed by atoms with van der Waals surface area (Å²) in [7, 11) is -1.71. The molecule has 0 radical (unpaired) electrons. The second-order valence-corrected chi connectivity index (χ2v) is 13.7. The van der Waals surface area contributed by atoms with E-state index in [4.69, 9.17) is 28.1 Å². The molecule has 1 rings (SSSR count). The van der Waals surface area contributed by atoms with Crippen LogP contribution in [-0.2, 0) is 32.9 Å². The van der Waals surface area contributed by atoms with Crippen molar-refractivity contribution in [3.05, 3.63) is 35.9 Å². The second kappa shape index (κ2) is 16.1. The summed E-state index contributed by atoms with van der Waals surface area (Å²) in [6.45, 7) is 15.2. The van der Waals surface area contributed by atoms with Crippen LogP contribution in [0.3, 0.4) is 0 Å². The van der Waals surface area contributed by atoms with Crippen molar-refractivity contribution in [2.45, 2.75) is 38.9 Å². The van der Waals surface area contributed by atoms with Crippen LogP contribution >= 0.6 is 0 Å². The molecular weight excluding hydrogens is 444 g/mol. The molecule has 8 nitrogen and oxygen atoms in total. The molecule has 33 heavy (non-hydrogen) atoms. The minimum atomic E-state index is -1.71. The van der Waals surface area contributed by atoms with Crippen molar-refractivity contribution in [2.75, 3.05) is 66.1 Å². The summed E-state index contributed by atoms with van der Waals surface area (Å²) in [4.78, 5) is 23.5. The number of ether oxygens (including phenoxy) is 5. The van der Waals surface area contributed by atoms with Gasteiger partial charge in [-0.1, -0.05) is 51.1 Å². The van der Waals surface area contributed by atoms with Gasteiger partial charge in [-0.2, -0.15) is 0 Å². The smallest absolute Gasteiger partial charge is 0.379 e. The molecule has 1 aromatic carbocycles. The van der Waals surface area contributed by atoms with Gasteiger partial charge in [-0.3, -0.25) is 4.79 Å². The summed E-state index contributed by atoms with van der Waals surface area (Å²) in [5, 5.41) is 0.205. The number of carbonyl (C=O) groups excluding carboxylic acids is 2. The fourth-order valence-electron chi connectivity index (χ4n) is 2.30.